The maximum atomic E-state index is 11.6. The van der Waals surface area contributed by atoms with Gasteiger partial charge in [0.15, 0.2) is 0 Å². The van der Waals surface area contributed by atoms with Crippen LogP contribution in [0.4, 0.5) is 0 Å². The zero-order chi connectivity index (χ0) is 12.1. The van der Waals surface area contributed by atoms with E-state index < -0.39 is 0 Å². The SMILES string of the molecule is COCC(=O)N1CCN(Cc2ccsc2)CC1. The Morgan fingerprint density at radius 3 is 2.76 bits per heavy atom. The van der Waals surface area contributed by atoms with E-state index in [1.807, 2.05) is 4.90 Å². The Kier molecular flexibility index (Phi) is 4.53. The number of rotatable bonds is 4. The normalized spacial score (nSPS) is 17.4. The fourth-order valence-electron chi connectivity index (χ4n) is 2.01. The highest BCUT2D eigenvalue weighted by molar-refractivity contribution is 7.07. The molecule has 1 amide bonds. The number of carbonyl (C=O) groups excluding carboxylic acids is 1. The quantitative estimate of drug-likeness (QED) is 0.805. The number of nitrogens with zero attached hydrogens (tertiary/aromatic N) is 2. The summed E-state index contributed by atoms with van der Waals surface area (Å²) in [6, 6.07) is 2.16. The van der Waals surface area contributed by atoms with Gasteiger partial charge in [0.1, 0.15) is 6.61 Å². The third-order valence-electron chi connectivity index (χ3n) is 2.98. The lowest BCUT2D eigenvalue weighted by Gasteiger charge is -2.34. The first kappa shape index (κ1) is 12.5. The minimum Gasteiger partial charge on any atom is -0.375 e. The van der Waals surface area contributed by atoms with E-state index in [1.165, 1.54) is 5.56 Å². The molecule has 1 aromatic rings. The highest BCUT2D eigenvalue weighted by atomic mass is 32.1. The average Bonchev–Trinajstić information content (AvgIpc) is 2.83. The smallest absolute Gasteiger partial charge is 0.248 e. The van der Waals surface area contributed by atoms with Crippen molar-refractivity contribution in [3.63, 3.8) is 0 Å². The van der Waals surface area contributed by atoms with Gasteiger partial charge >= 0.3 is 0 Å². The summed E-state index contributed by atoms with van der Waals surface area (Å²) in [7, 11) is 1.56. The summed E-state index contributed by atoms with van der Waals surface area (Å²) in [5.74, 6) is 0.0997. The third-order valence-corrected chi connectivity index (χ3v) is 3.71. The Morgan fingerprint density at radius 1 is 1.41 bits per heavy atom. The molecule has 0 aliphatic carbocycles. The zero-order valence-corrected chi connectivity index (χ0v) is 10.9. The van der Waals surface area contributed by atoms with Crippen LogP contribution in [0.5, 0.6) is 0 Å². The molecule has 0 aromatic carbocycles. The molecular weight excluding hydrogens is 236 g/mol. The van der Waals surface area contributed by atoms with Crippen molar-refractivity contribution in [2.45, 2.75) is 6.54 Å². The van der Waals surface area contributed by atoms with E-state index in [0.717, 1.165) is 32.7 Å². The molecule has 2 rings (SSSR count). The van der Waals surface area contributed by atoms with E-state index in [-0.39, 0.29) is 12.5 Å². The number of hydrogen-bond acceptors (Lipinski definition) is 4. The first-order valence-electron chi connectivity index (χ1n) is 5.79. The zero-order valence-electron chi connectivity index (χ0n) is 10.1. The van der Waals surface area contributed by atoms with Crippen molar-refractivity contribution in [3.05, 3.63) is 22.4 Å². The van der Waals surface area contributed by atoms with Gasteiger partial charge in [0.05, 0.1) is 0 Å². The van der Waals surface area contributed by atoms with Gasteiger partial charge < -0.3 is 9.64 Å². The van der Waals surface area contributed by atoms with Gasteiger partial charge in [-0.05, 0) is 22.4 Å². The number of thiophene rings is 1. The van der Waals surface area contributed by atoms with Crippen molar-refractivity contribution < 1.29 is 9.53 Å². The summed E-state index contributed by atoms with van der Waals surface area (Å²) in [6.07, 6.45) is 0. The largest absolute Gasteiger partial charge is 0.375 e. The van der Waals surface area contributed by atoms with Gasteiger partial charge in [-0.25, -0.2) is 0 Å². The number of hydrogen-bond donors (Lipinski definition) is 0. The van der Waals surface area contributed by atoms with E-state index in [0.29, 0.717) is 0 Å². The molecule has 17 heavy (non-hydrogen) atoms. The van der Waals surface area contributed by atoms with E-state index in [4.69, 9.17) is 4.74 Å². The molecule has 0 radical (unpaired) electrons. The van der Waals surface area contributed by atoms with Crippen molar-refractivity contribution in [2.24, 2.45) is 0 Å². The predicted octanol–water partition coefficient (Wildman–Crippen LogP) is 1.04. The Balaban J connectivity index is 1.76. The fraction of sp³-hybridized carbons (Fsp3) is 0.583. The molecule has 4 nitrogen and oxygen atoms in total. The van der Waals surface area contributed by atoms with E-state index in [9.17, 15) is 4.79 Å². The van der Waals surface area contributed by atoms with Crippen LogP contribution in [0.1, 0.15) is 5.56 Å². The van der Waals surface area contributed by atoms with E-state index >= 15 is 0 Å². The molecule has 0 bridgehead atoms. The van der Waals surface area contributed by atoms with Crippen molar-refractivity contribution in [1.29, 1.82) is 0 Å². The van der Waals surface area contributed by atoms with Gasteiger partial charge in [0, 0.05) is 39.8 Å². The molecule has 2 heterocycles. The lowest BCUT2D eigenvalue weighted by molar-refractivity contribution is -0.136. The predicted molar refractivity (Wildman–Crippen MR) is 68.1 cm³/mol. The molecule has 0 unspecified atom stereocenters. The molecule has 1 fully saturated rings. The van der Waals surface area contributed by atoms with Crippen LogP contribution >= 0.6 is 11.3 Å². The molecule has 1 aliphatic heterocycles. The first-order chi connectivity index (χ1) is 8.29. The van der Waals surface area contributed by atoms with Gasteiger partial charge in [0.25, 0.3) is 0 Å². The highest BCUT2D eigenvalue weighted by Crippen LogP contribution is 2.11. The van der Waals surface area contributed by atoms with Crippen molar-refractivity contribution in [3.8, 4) is 0 Å². The van der Waals surface area contributed by atoms with Crippen molar-refractivity contribution in [1.82, 2.24) is 9.80 Å². The lowest BCUT2D eigenvalue weighted by Crippen LogP contribution is -2.49. The number of methoxy groups -OCH3 is 1. The number of piperazine rings is 1. The van der Waals surface area contributed by atoms with Crippen LogP contribution in [0.3, 0.4) is 0 Å². The Bertz CT molecular complexity index is 345. The van der Waals surface area contributed by atoms with Crippen LogP contribution in [0.2, 0.25) is 0 Å². The summed E-state index contributed by atoms with van der Waals surface area (Å²) in [5.41, 5.74) is 1.37. The van der Waals surface area contributed by atoms with Crippen molar-refractivity contribution >= 4 is 17.2 Å². The summed E-state index contributed by atoms with van der Waals surface area (Å²) in [4.78, 5) is 15.9. The summed E-state index contributed by atoms with van der Waals surface area (Å²) < 4.78 is 4.87. The maximum Gasteiger partial charge on any atom is 0.248 e. The Hall–Kier alpha value is -0.910. The van der Waals surface area contributed by atoms with Crippen LogP contribution in [0.15, 0.2) is 16.8 Å². The Morgan fingerprint density at radius 2 is 2.18 bits per heavy atom. The molecule has 0 N–H and O–H groups in total. The molecule has 1 saturated heterocycles. The highest BCUT2D eigenvalue weighted by Gasteiger charge is 2.20. The third kappa shape index (κ3) is 3.52. The van der Waals surface area contributed by atoms with Crippen LogP contribution < -0.4 is 0 Å². The number of ether oxygens (including phenoxy) is 1. The van der Waals surface area contributed by atoms with Gasteiger partial charge in [-0.3, -0.25) is 9.69 Å². The second kappa shape index (κ2) is 6.14. The summed E-state index contributed by atoms with van der Waals surface area (Å²) in [6.45, 7) is 4.72. The molecule has 1 aromatic heterocycles. The first-order valence-corrected chi connectivity index (χ1v) is 6.74. The Labute approximate surface area is 106 Å². The van der Waals surface area contributed by atoms with Gasteiger partial charge in [-0.15, -0.1) is 0 Å². The van der Waals surface area contributed by atoms with Crippen molar-refractivity contribution in [2.75, 3.05) is 39.9 Å². The summed E-state index contributed by atoms with van der Waals surface area (Å²) in [5, 5.41) is 4.29. The van der Waals surface area contributed by atoms with Gasteiger partial charge in [-0.2, -0.15) is 11.3 Å². The fourth-order valence-corrected chi connectivity index (χ4v) is 2.67. The molecule has 5 heteroatoms. The van der Waals surface area contributed by atoms with E-state index in [1.54, 1.807) is 18.4 Å². The monoisotopic (exact) mass is 254 g/mol. The van der Waals surface area contributed by atoms with E-state index in [2.05, 4.69) is 21.7 Å². The van der Waals surface area contributed by atoms with Crippen LogP contribution in [-0.2, 0) is 16.1 Å². The molecule has 0 saturated carbocycles. The minimum atomic E-state index is 0.0997. The molecule has 94 valence electrons. The molecule has 1 aliphatic rings. The van der Waals surface area contributed by atoms with Crippen LogP contribution in [0.25, 0.3) is 0 Å². The minimum absolute atomic E-state index is 0.0997. The molecule has 0 spiro atoms. The summed E-state index contributed by atoms with van der Waals surface area (Å²) >= 11 is 1.73. The lowest BCUT2D eigenvalue weighted by atomic mass is 10.2. The van der Waals surface area contributed by atoms with Gasteiger partial charge in [-0.1, -0.05) is 0 Å². The topological polar surface area (TPSA) is 32.8 Å². The van der Waals surface area contributed by atoms with Crippen LogP contribution in [0, 0.1) is 0 Å². The number of amides is 1. The maximum absolute atomic E-state index is 11.6. The molecular formula is C12H18N2O2S. The number of carbonyl (C=O) groups is 1. The standard InChI is InChI=1S/C12H18N2O2S/c1-16-9-12(15)14-5-3-13(4-6-14)8-11-2-7-17-10-11/h2,7,10H,3-6,8-9H2,1H3. The van der Waals surface area contributed by atoms with Gasteiger partial charge in [0.2, 0.25) is 5.91 Å². The second-order valence-electron chi connectivity index (χ2n) is 4.22. The molecule has 0 atom stereocenters. The average molecular weight is 254 g/mol. The second-order valence-corrected chi connectivity index (χ2v) is 5.00. The van der Waals surface area contributed by atoms with Crippen LogP contribution in [-0.4, -0.2) is 55.6 Å².